The zero-order valence-corrected chi connectivity index (χ0v) is 11.3. The monoisotopic (exact) mass is 271 g/mol. The molecule has 1 aromatic heterocycles. The highest BCUT2D eigenvalue weighted by Gasteiger charge is 2.23. The van der Waals surface area contributed by atoms with E-state index in [4.69, 9.17) is 0 Å². The van der Waals surface area contributed by atoms with Gasteiger partial charge in [-0.2, -0.15) is 0 Å². The molecule has 18 heavy (non-hydrogen) atoms. The van der Waals surface area contributed by atoms with Gasteiger partial charge in [0, 0.05) is 31.4 Å². The number of H-pyrrole nitrogens is 1. The van der Waals surface area contributed by atoms with Crippen LogP contribution in [0, 0.1) is 6.92 Å². The van der Waals surface area contributed by atoms with Crippen molar-refractivity contribution in [2.24, 2.45) is 0 Å². The van der Waals surface area contributed by atoms with Crippen molar-refractivity contribution < 1.29 is 4.79 Å². The molecule has 2 heterocycles. The molecule has 1 aliphatic heterocycles. The average Bonchev–Trinajstić information content (AvgIpc) is 2.28. The number of carbonyl (C=O) groups is 1. The lowest BCUT2D eigenvalue weighted by atomic mass is 10.2. The third kappa shape index (κ3) is 3.11. The molecule has 100 valence electrons. The van der Waals surface area contributed by atoms with Gasteiger partial charge < -0.3 is 15.2 Å². The number of hydrogen-bond acceptors (Lipinski definition) is 3. The van der Waals surface area contributed by atoms with E-state index in [9.17, 15) is 9.59 Å². The number of aromatic amines is 1. The number of aromatic nitrogens is 1. The van der Waals surface area contributed by atoms with Gasteiger partial charge in [-0.15, -0.1) is 12.4 Å². The first-order chi connectivity index (χ1) is 8.08. The molecular formula is C12H18ClN3O2. The molecule has 6 heteroatoms. The van der Waals surface area contributed by atoms with Gasteiger partial charge in [0.25, 0.3) is 11.5 Å². The van der Waals surface area contributed by atoms with Crippen LogP contribution in [0.4, 0.5) is 0 Å². The molecule has 0 radical (unpaired) electrons. The lowest BCUT2D eigenvalue weighted by molar-refractivity contribution is 0.0707. The van der Waals surface area contributed by atoms with Crippen molar-refractivity contribution in [2.45, 2.75) is 19.9 Å². The molecule has 0 bridgehead atoms. The van der Waals surface area contributed by atoms with Crippen molar-refractivity contribution in [1.29, 1.82) is 0 Å². The van der Waals surface area contributed by atoms with Gasteiger partial charge in [-0.1, -0.05) is 0 Å². The van der Waals surface area contributed by atoms with E-state index in [-0.39, 0.29) is 35.5 Å². The van der Waals surface area contributed by atoms with Crippen LogP contribution in [-0.2, 0) is 0 Å². The Bertz CT molecular complexity index is 486. The van der Waals surface area contributed by atoms with Gasteiger partial charge in [0.05, 0.1) is 0 Å². The molecule has 2 rings (SSSR count). The Kier molecular flexibility index (Phi) is 4.93. The molecule has 1 aliphatic rings. The number of halogens is 1. The molecule has 0 unspecified atom stereocenters. The molecule has 1 atom stereocenters. The highest BCUT2D eigenvalue weighted by Crippen LogP contribution is 2.04. The van der Waals surface area contributed by atoms with E-state index < -0.39 is 0 Å². The van der Waals surface area contributed by atoms with E-state index in [1.165, 1.54) is 0 Å². The van der Waals surface area contributed by atoms with Crippen molar-refractivity contribution in [3.63, 3.8) is 0 Å². The average molecular weight is 272 g/mol. The second kappa shape index (κ2) is 6.02. The van der Waals surface area contributed by atoms with Crippen LogP contribution in [0.15, 0.2) is 16.9 Å². The van der Waals surface area contributed by atoms with Crippen LogP contribution >= 0.6 is 12.4 Å². The van der Waals surface area contributed by atoms with Crippen LogP contribution in [0.3, 0.4) is 0 Å². The van der Waals surface area contributed by atoms with Crippen molar-refractivity contribution >= 4 is 18.3 Å². The molecule has 5 nitrogen and oxygen atoms in total. The summed E-state index contributed by atoms with van der Waals surface area (Å²) in [6.07, 6.45) is 0. The minimum absolute atomic E-state index is 0. The summed E-state index contributed by atoms with van der Waals surface area (Å²) in [6.45, 7) is 5.89. The topological polar surface area (TPSA) is 65.2 Å². The Morgan fingerprint density at radius 3 is 2.78 bits per heavy atom. The number of rotatable bonds is 1. The number of nitrogens with zero attached hydrogens (tertiary/aromatic N) is 1. The van der Waals surface area contributed by atoms with Crippen LogP contribution in [-0.4, -0.2) is 41.5 Å². The summed E-state index contributed by atoms with van der Waals surface area (Å²) in [5.41, 5.74) is 0.686. The molecule has 1 saturated heterocycles. The quantitative estimate of drug-likeness (QED) is 0.784. The maximum Gasteiger partial charge on any atom is 0.260 e. The molecule has 1 amide bonds. The summed E-state index contributed by atoms with van der Waals surface area (Å²) in [7, 11) is 0. The second-order valence-corrected chi connectivity index (χ2v) is 4.49. The third-order valence-corrected chi connectivity index (χ3v) is 2.94. The summed E-state index contributed by atoms with van der Waals surface area (Å²) >= 11 is 0. The number of nitrogens with one attached hydrogen (secondary N) is 2. The second-order valence-electron chi connectivity index (χ2n) is 4.49. The Balaban J connectivity index is 0.00000162. The van der Waals surface area contributed by atoms with Crippen LogP contribution in [0.2, 0.25) is 0 Å². The van der Waals surface area contributed by atoms with Crippen LogP contribution < -0.4 is 10.9 Å². The number of hydrogen-bond donors (Lipinski definition) is 2. The van der Waals surface area contributed by atoms with Gasteiger partial charge >= 0.3 is 0 Å². The van der Waals surface area contributed by atoms with Crippen molar-refractivity contribution in [3.8, 4) is 0 Å². The molecule has 0 aromatic carbocycles. The summed E-state index contributed by atoms with van der Waals surface area (Å²) in [4.78, 5) is 28.2. The van der Waals surface area contributed by atoms with E-state index in [2.05, 4.69) is 10.3 Å². The Morgan fingerprint density at radius 1 is 1.44 bits per heavy atom. The Morgan fingerprint density at radius 2 is 2.17 bits per heavy atom. The standard InChI is InChI=1S/C12H17N3O2.ClH/c1-8-3-4-10(11(16)14-8)12(17)15-6-5-13-9(2)7-15;/h3-4,9,13H,5-7H2,1-2H3,(H,14,16);1H/t9-;/m0./s1. The summed E-state index contributed by atoms with van der Waals surface area (Å²) < 4.78 is 0. The highest BCUT2D eigenvalue weighted by molar-refractivity contribution is 5.93. The lowest BCUT2D eigenvalue weighted by Crippen LogP contribution is -2.52. The summed E-state index contributed by atoms with van der Waals surface area (Å²) in [5.74, 6) is -0.181. The normalized spacial score (nSPS) is 19.2. The minimum Gasteiger partial charge on any atom is -0.336 e. The maximum absolute atomic E-state index is 12.2. The van der Waals surface area contributed by atoms with Crippen molar-refractivity contribution in [3.05, 3.63) is 33.7 Å². The van der Waals surface area contributed by atoms with E-state index in [0.717, 1.165) is 12.2 Å². The number of aryl methyl sites for hydroxylation is 1. The van der Waals surface area contributed by atoms with Crippen LogP contribution in [0.1, 0.15) is 23.0 Å². The predicted octanol–water partition coefficient (Wildman–Crippen LogP) is 0.539. The first-order valence-corrected chi connectivity index (χ1v) is 5.80. The van der Waals surface area contributed by atoms with E-state index in [1.807, 2.05) is 6.92 Å². The fraction of sp³-hybridized carbons (Fsp3) is 0.500. The largest absolute Gasteiger partial charge is 0.336 e. The molecule has 1 aromatic rings. The van der Waals surface area contributed by atoms with E-state index in [1.54, 1.807) is 24.0 Å². The zero-order chi connectivity index (χ0) is 12.4. The summed E-state index contributed by atoms with van der Waals surface area (Å²) in [6, 6.07) is 3.63. The van der Waals surface area contributed by atoms with Crippen molar-refractivity contribution in [2.75, 3.05) is 19.6 Å². The van der Waals surface area contributed by atoms with Crippen LogP contribution in [0.25, 0.3) is 0 Å². The highest BCUT2D eigenvalue weighted by atomic mass is 35.5. The smallest absolute Gasteiger partial charge is 0.260 e. The van der Waals surface area contributed by atoms with Crippen LogP contribution in [0.5, 0.6) is 0 Å². The minimum atomic E-state index is -0.304. The van der Waals surface area contributed by atoms with E-state index in [0.29, 0.717) is 13.1 Å². The fourth-order valence-electron chi connectivity index (χ4n) is 2.03. The summed E-state index contributed by atoms with van der Waals surface area (Å²) in [5, 5.41) is 3.26. The SMILES string of the molecule is Cc1ccc(C(=O)N2CCN[C@@H](C)C2)c(=O)[nH]1.Cl. The first-order valence-electron chi connectivity index (χ1n) is 5.80. The zero-order valence-electron chi connectivity index (χ0n) is 10.5. The lowest BCUT2D eigenvalue weighted by Gasteiger charge is -2.31. The number of amides is 1. The molecule has 0 spiro atoms. The number of piperazine rings is 1. The molecule has 0 aliphatic carbocycles. The fourth-order valence-corrected chi connectivity index (χ4v) is 2.03. The predicted molar refractivity (Wildman–Crippen MR) is 72.4 cm³/mol. The maximum atomic E-state index is 12.2. The molecular weight excluding hydrogens is 254 g/mol. The Labute approximate surface area is 112 Å². The third-order valence-electron chi connectivity index (χ3n) is 2.94. The number of carbonyl (C=O) groups excluding carboxylic acids is 1. The van der Waals surface area contributed by atoms with Gasteiger partial charge in [0.2, 0.25) is 0 Å². The molecule has 1 fully saturated rings. The first kappa shape index (κ1) is 14.7. The molecule has 2 N–H and O–H groups in total. The van der Waals surface area contributed by atoms with Gasteiger partial charge in [-0.25, -0.2) is 0 Å². The van der Waals surface area contributed by atoms with Gasteiger partial charge in [-0.3, -0.25) is 9.59 Å². The van der Waals surface area contributed by atoms with Gasteiger partial charge in [0.15, 0.2) is 0 Å². The van der Waals surface area contributed by atoms with Gasteiger partial charge in [-0.05, 0) is 26.0 Å². The Hall–Kier alpha value is -1.33. The number of pyridine rings is 1. The molecule has 0 saturated carbocycles. The van der Waals surface area contributed by atoms with E-state index >= 15 is 0 Å². The van der Waals surface area contributed by atoms with Crippen molar-refractivity contribution in [1.82, 2.24) is 15.2 Å². The van der Waals surface area contributed by atoms with Gasteiger partial charge in [0.1, 0.15) is 5.56 Å².